The highest BCUT2D eigenvalue weighted by atomic mass is 33.1. The zero-order valence-corrected chi connectivity index (χ0v) is 18.4. The third kappa shape index (κ3) is 6.56. The van der Waals surface area contributed by atoms with Crippen LogP contribution < -0.4 is 5.32 Å². The predicted molar refractivity (Wildman–Crippen MR) is 117 cm³/mol. The van der Waals surface area contributed by atoms with E-state index in [4.69, 9.17) is 9.47 Å². The molecule has 1 N–H and O–H groups in total. The van der Waals surface area contributed by atoms with E-state index >= 15 is 0 Å². The van der Waals surface area contributed by atoms with Gasteiger partial charge in [-0.3, -0.25) is 10.1 Å². The predicted octanol–water partition coefficient (Wildman–Crippen LogP) is 5.76. The summed E-state index contributed by atoms with van der Waals surface area (Å²) >= 11 is 1.37. The summed E-state index contributed by atoms with van der Waals surface area (Å²) in [7, 11) is 3.88. The Labute approximate surface area is 176 Å². The highest BCUT2D eigenvalue weighted by molar-refractivity contribution is 8.77. The van der Waals surface area contributed by atoms with Crippen molar-refractivity contribution in [3.05, 3.63) is 23.8 Å². The quantitative estimate of drug-likeness (QED) is 0.242. The van der Waals surface area contributed by atoms with Gasteiger partial charge in [-0.25, -0.2) is 9.78 Å². The fraction of sp³-hybridized carbons (Fsp3) is 0.526. The molecule has 0 bridgehead atoms. The second kappa shape index (κ2) is 10.4. The zero-order valence-electron chi connectivity index (χ0n) is 15.9. The molecular formula is C19H24N2O4S3. The minimum atomic E-state index is -0.939. The van der Waals surface area contributed by atoms with Gasteiger partial charge in [-0.1, -0.05) is 45.4 Å². The first kappa shape index (κ1) is 21.3. The Bertz CT molecular complexity index is 821. The van der Waals surface area contributed by atoms with Crippen LogP contribution in [0.3, 0.4) is 0 Å². The number of nitrogens with one attached hydrogen (secondary N) is 1. The van der Waals surface area contributed by atoms with Crippen LogP contribution in [0.1, 0.15) is 44.6 Å². The van der Waals surface area contributed by atoms with Gasteiger partial charge in [-0.2, -0.15) is 0 Å². The van der Waals surface area contributed by atoms with Crippen LogP contribution in [0.15, 0.2) is 18.2 Å². The molecule has 6 nitrogen and oxygen atoms in total. The van der Waals surface area contributed by atoms with Gasteiger partial charge >= 0.3 is 12.1 Å². The van der Waals surface area contributed by atoms with Gasteiger partial charge in [-0.15, -0.1) is 0 Å². The molecule has 1 aromatic heterocycles. The highest BCUT2D eigenvalue weighted by Gasteiger charge is 2.18. The van der Waals surface area contributed by atoms with E-state index < -0.39 is 12.4 Å². The van der Waals surface area contributed by atoms with Crippen molar-refractivity contribution in [2.75, 3.05) is 11.1 Å². The summed E-state index contributed by atoms with van der Waals surface area (Å²) < 4.78 is 11.2. The zero-order chi connectivity index (χ0) is 19.9. The number of carbonyl (C=O) groups is 2. The third-order valence-corrected chi connectivity index (χ3v) is 8.15. The number of rotatable bonds is 8. The van der Waals surface area contributed by atoms with Gasteiger partial charge in [0.1, 0.15) is 0 Å². The fourth-order valence-corrected chi connectivity index (χ4v) is 6.80. The maximum atomic E-state index is 12.0. The first-order valence-electron chi connectivity index (χ1n) is 9.32. The molecule has 0 radical (unpaired) electrons. The number of aromatic nitrogens is 1. The molecule has 152 valence electrons. The number of unbranched alkanes of at least 4 members (excludes halogenated alkanes) is 1. The molecule has 0 saturated carbocycles. The van der Waals surface area contributed by atoms with Crippen molar-refractivity contribution in [3.8, 4) is 0 Å². The molecule has 1 aromatic carbocycles. The Hall–Kier alpha value is -1.45. The maximum Gasteiger partial charge on any atom is 0.416 e. The Morgan fingerprint density at radius 2 is 2.18 bits per heavy atom. The molecule has 2 atom stereocenters. The molecule has 1 aliphatic rings. The molecule has 0 spiro atoms. The number of amides is 1. The van der Waals surface area contributed by atoms with Crippen molar-refractivity contribution in [3.63, 3.8) is 0 Å². The van der Waals surface area contributed by atoms with Crippen LogP contribution in [0.25, 0.3) is 10.2 Å². The number of benzene rings is 1. The van der Waals surface area contributed by atoms with Gasteiger partial charge in [0.05, 0.1) is 10.2 Å². The molecule has 1 unspecified atom stereocenters. The Kier molecular flexibility index (Phi) is 7.87. The van der Waals surface area contributed by atoms with Crippen LogP contribution in [0.2, 0.25) is 0 Å². The fourth-order valence-electron chi connectivity index (χ4n) is 2.83. The summed E-state index contributed by atoms with van der Waals surface area (Å²) in [6.45, 7) is 3.54. The number of anilines is 1. The topological polar surface area (TPSA) is 77.5 Å². The Morgan fingerprint density at radius 1 is 1.32 bits per heavy atom. The third-order valence-electron chi connectivity index (χ3n) is 4.21. The van der Waals surface area contributed by atoms with Crippen LogP contribution in [-0.4, -0.2) is 34.3 Å². The van der Waals surface area contributed by atoms with Crippen molar-refractivity contribution < 1.29 is 19.1 Å². The van der Waals surface area contributed by atoms with Crippen molar-refractivity contribution in [1.82, 2.24) is 4.98 Å². The summed E-state index contributed by atoms with van der Waals surface area (Å²) in [6, 6.07) is 5.89. The van der Waals surface area contributed by atoms with Crippen LogP contribution in [0, 0.1) is 6.92 Å². The summed E-state index contributed by atoms with van der Waals surface area (Å²) in [5.41, 5.74) is 1.95. The first-order valence-corrected chi connectivity index (χ1v) is 12.5. The van der Waals surface area contributed by atoms with Crippen LogP contribution in [0.4, 0.5) is 9.93 Å². The molecule has 0 aliphatic carbocycles. The van der Waals surface area contributed by atoms with E-state index in [1.165, 1.54) is 30.4 Å². The molecule has 1 saturated heterocycles. The molecule has 28 heavy (non-hydrogen) atoms. The normalized spacial score (nSPS) is 17.4. The number of fused-ring (bicyclic) bond motifs is 1. The van der Waals surface area contributed by atoms with Gasteiger partial charge in [0.25, 0.3) is 0 Å². The van der Waals surface area contributed by atoms with Crippen molar-refractivity contribution in [2.24, 2.45) is 0 Å². The molecule has 1 amide bonds. The largest absolute Gasteiger partial charge is 0.425 e. The molecule has 3 rings (SSSR count). The van der Waals surface area contributed by atoms with Crippen LogP contribution in [0.5, 0.6) is 0 Å². The van der Waals surface area contributed by atoms with Crippen LogP contribution >= 0.6 is 32.9 Å². The molecule has 2 aromatic rings. The monoisotopic (exact) mass is 440 g/mol. The van der Waals surface area contributed by atoms with Gasteiger partial charge in [0.2, 0.25) is 6.29 Å². The lowest BCUT2D eigenvalue weighted by molar-refractivity contribution is -0.164. The smallest absolute Gasteiger partial charge is 0.416 e. The van der Waals surface area contributed by atoms with Crippen molar-refractivity contribution >= 4 is 60.3 Å². The number of carbonyl (C=O) groups excluding carboxylic acids is 2. The van der Waals surface area contributed by atoms with Gasteiger partial charge in [0, 0.05) is 24.3 Å². The lowest BCUT2D eigenvalue weighted by atomic mass is 10.1. The van der Waals surface area contributed by atoms with Crippen molar-refractivity contribution in [2.45, 2.75) is 57.5 Å². The standard InChI is InChI=1S/C19H24N2O4S3/c1-12-7-8-15-16(11-12)27-18(20-15)21-19(23)25-13(2)24-17(22)6-4-3-5-14-9-10-26-28-14/h7-8,11,13-14H,3-6,9-10H2,1-2H3,(H,20,21,23)/t13?,14-/m1/s1. The molecule has 9 heteroatoms. The summed E-state index contributed by atoms with van der Waals surface area (Å²) in [4.78, 5) is 28.2. The molecule has 1 aliphatic heterocycles. The van der Waals surface area contributed by atoms with Crippen molar-refractivity contribution in [1.29, 1.82) is 0 Å². The average molecular weight is 441 g/mol. The second-order valence-corrected chi connectivity index (χ2v) is 10.5. The number of thiazole rings is 1. The van der Waals surface area contributed by atoms with E-state index in [0.29, 0.717) is 11.6 Å². The molecule has 1 fully saturated rings. The molecule has 2 heterocycles. The summed E-state index contributed by atoms with van der Waals surface area (Å²) in [5.74, 6) is 0.884. The second-order valence-electron chi connectivity index (χ2n) is 6.65. The molecular weight excluding hydrogens is 416 g/mol. The van der Waals surface area contributed by atoms with E-state index in [9.17, 15) is 9.59 Å². The number of aryl methyl sites for hydroxylation is 1. The van der Waals surface area contributed by atoms with Gasteiger partial charge < -0.3 is 9.47 Å². The number of hydrogen-bond donors (Lipinski definition) is 1. The Balaban J connectivity index is 1.35. The minimum Gasteiger partial charge on any atom is -0.425 e. The first-order chi connectivity index (χ1) is 13.5. The van der Waals surface area contributed by atoms with Gasteiger partial charge in [-0.05, 0) is 43.9 Å². The van der Waals surface area contributed by atoms with Crippen LogP contribution in [-0.2, 0) is 14.3 Å². The lowest BCUT2D eigenvalue weighted by Gasteiger charge is -2.14. The van der Waals surface area contributed by atoms with E-state index in [1.54, 1.807) is 0 Å². The Morgan fingerprint density at radius 3 is 2.96 bits per heavy atom. The minimum absolute atomic E-state index is 0.343. The SMILES string of the molecule is Cc1ccc2nc(NC(=O)OC(C)OC(=O)CCCC[C@@H]3CCSS3)sc2c1. The average Bonchev–Trinajstić information content (AvgIpc) is 3.27. The summed E-state index contributed by atoms with van der Waals surface area (Å²) in [6.07, 6.45) is 2.93. The number of ether oxygens (including phenoxy) is 2. The van der Waals surface area contributed by atoms with E-state index in [1.807, 2.05) is 46.7 Å². The maximum absolute atomic E-state index is 12.0. The number of nitrogens with zero attached hydrogens (tertiary/aromatic N) is 1. The number of esters is 1. The summed E-state index contributed by atoms with van der Waals surface area (Å²) in [5, 5.41) is 3.76. The van der Waals surface area contributed by atoms with E-state index in [2.05, 4.69) is 10.3 Å². The highest BCUT2D eigenvalue weighted by Crippen LogP contribution is 2.39. The van der Waals surface area contributed by atoms with E-state index in [0.717, 1.165) is 40.3 Å². The number of hydrogen-bond acceptors (Lipinski definition) is 8. The lowest BCUT2D eigenvalue weighted by Crippen LogP contribution is -2.24. The van der Waals surface area contributed by atoms with E-state index in [-0.39, 0.29) is 5.97 Å². The van der Waals surface area contributed by atoms with Gasteiger partial charge in [0.15, 0.2) is 5.13 Å².